The third kappa shape index (κ3) is 7.71. The van der Waals surface area contributed by atoms with E-state index in [1.54, 1.807) is 24.5 Å². The fourth-order valence-electron chi connectivity index (χ4n) is 6.00. The molecule has 3 N–H and O–H groups in total. The van der Waals surface area contributed by atoms with Gasteiger partial charge in [-0.15, -0.1) is 0 Å². The average molecular weight is 601 g/mol. The Morgan fingerprint density at radius 1 is 1.14 bits per heavy atom. The normalized spacial score (nSPS) is 21.5. The van der Waals surface area contributed by atoms with Gasteiger partial charge >= 0.3 is 5.97 Å². The smallest absolute Gasteiger partial charge is 0.306 e. The topological polar surface area (TPSA) is 109 Å². The minimum absolute atomic E-state index is 0.0338. The Labute approximate surface area is 260 Å². The molecule has 3 atom stereocenters. The summed E-state index contributed by atoms with van der Waals surface area (Å²) >= 11 is 0. The van der Waals surface area contributed by atoms with E-state index in [1.807, 2.05) is 24.9 Å². The van der Waals surface area contributed by atoms with Crippen LogP contribution >= 0.6 is 0 Å². The second-order valence-corrected chi connectivity index (χ2v) is 12.1. The number of amidine groups is 1. The Bertz CT molecular complexity index is 1490. The number of carboxylic acids is 1. The third-order valence-corrected chi connectivity index (χ3v) is 8.99. The van der Waals surface area contributed by atoms with Crippen molar-refractivity contribution in [1.29, 1.82) is 0 Å². The predicted molar refractivity (Wildman–Crippen MR) is 173 cm³/mol. The molecule has 2 fully saturated rings. The second-order valence-electron chi connectivity index (χ2n) is 12.1. The highest BCUT2D eigenvalue weighted by Gasteiger charge is 2.33. The van der Waals surface area contributed by atoms with E-state index >= 15 is 4.39 Å². The van der Waals surface area contributed by atoms with Crippen LogP contribution in [0.5, 0.6) is 0 Å². The summed E-state index contributed by atoms with van der Waals surface area (Å²) in [6, 6.07) is 8.89. The number of aliphatic carboxylic acids is 1. The Kier molecular flexibility index (Phi) is 10.9. The third-order valence-electron chi connectivity index (χ3n) is 8.99. The Balaban J connectivity index is 0.000000333. The number of hydrogen-bond donors (Lipinski definition) is 2. The molecule has 2 saturated carbocycles. The SMILES string of the molecule is C=C(C1CCCC(C(=O)O)C1)N1C=CN=C(N)/C1=C(\c1ccc(C(C)=O)cc1F)C(C)CC.CCc1cc(C2CC2)ccn1. The molecule has 2 heterocycles. The van der Waals surface area contributed by atoms with Gasteiger partial charge in [-0.25, -0.2) is 9.38 Å². The van der Waals surface area contributed by atoms with Crippen LogP contribution in [0.4, 0.5) is 4.39 Å². The van der Waals surface area contributed by atoms with Crippen LogP contribution in [0.15, 0.2) is 71.9 Å². The van der Waals surface area contributed by atoms with Crippen LogP contribution in [0.3, 0.4) is 0 Å². The molecular formula is C36H45FN4O3. The van der Waals surface area contributed by atoms with Crippen LogP contribution in [-0.4, -0.2) is 32.6 Å². The summed E-state index contributed by atoms with van der Waals surface area (Å²) in [5, 5.41) is 9.50. The zero-order chi connectivity index (χ0) is 32.0. The molecule has 1 aliphatic heterocycles. The Hall–Kier alpha value is -4.07. The number of aliphatic imine (C=N–C) groups is 1. The van der Waals surface area contributed by atoms with Gasteiger partial charge in [0.25, 0.3) is 0 Å². The summed E-state index contributed by atoms with van der Waals surface area (Å²) < 4.78 is 15.3. The minimum Gasteiger partial charge on any atom is -0.481 e. The first-order valence-electron chi connectivity index (χ1n) is 15.8. The van der Waals surface area contributed by atoms with E-state index in [-0.39, 0.29) is 23.5 Å². The number of carboxylic acid groups (broad SMARTS) is 1. The van der Waals surface area contributed by atoms with Crippen molar-refractivity contribution < 1.29 is 19.1 Å². The maximum absolute atomic E-state index is 15.3. The zero-order valence-corrected chi connectivity index (χ0v) is 26.4. The molecule has 8 heteroatoms. The Morgan fingerprint density at radius 2 is 1.86 bits per heavy atom. The molecule has 1 aromatic heterocycles. The molecule has 234 valence electrons. The lowest BCUT2D eigenvalue weighted by Gasteiger charge is -2.37. The van der Waals surface area contributed by atoms with Crippen LogP contribution in [0.1, 0.15) is 106 Å². The minimum atomic E-state index is -0.786. The molecule has 0 bridgehead atoms. The number of benzene rings is 1. The molecule has 7 nitrogen and oxygen atoms in total. The number of carbonyl (C=O) groups is 2. The molecule has 0 amide bonds. The first kappa shape index (κ1) is 32.8. The molecule has 0 radical (unpaired) electrons. The van der Waals surface area contributed by atoms with Gasteiger partial charge in [0.15, 0.2) is 5.78 Å². The molecule has 0 spiro atoms. The number of aryl methyl sites for hydroxylation is 1. The van der Waals surface area contributed by atoms with Crippen molar-refractivity contribution in [2.24, 2.45) is 28.5 Å². The van der Waals surface area contributed by atoms with E-state index in [9.17, 15) is 14.7 Å². The summed E-state index contributed by atoms with van der Waals surface area (Å²) in [6.45, 7) is 11.9. The van der Waals surface area contributed by atoms with E-state index < -0.39 is 17.7 Å². The van der Waals surface area contributed by atoms with Crippen LogP contribution in [0, 0.1) is 23.6 Å². The quantitative estimate of drug-likeness (QED) is 0.284. The number of aromatic nitrogens is 1. The van der Waals surface area contributed by atoms with E-state index in [2.05, 4.69) is 35.6 Å². The molecule has 5 rings (SSSR count). The number of ketones is 1. The monoisotopic (exact) mass is 600 g/mol. The van der Waals surface area contributed by atoms with Crippen molar-refractivity contribution in [1.82, 2.24) is 9.88 Å². The molecule has 3 aliphatic rings. The lowest BCUT2D eigenvalue weighted by Crippen LogP contribution is -2.35. The molecule has 44 heavy (non-hydrogen) atoms. The number of nitrogens with two attached hydrogens (primary N) is 1. The van der Waals surface area contributed by atoms with Crippen LogP contribution in [0.2, 0.25) is 0 Å². The number of carbonyl (C=O) groups excluding carboxylic acids is 1. The fraction of sp³-hybridized carbons (Fsp3) is 0.444. The van der Waals surface area contributed by atoms with E-state index in [0.717, 1.165) is 37.3 Å². The van der Waals surface area contributed by atoms with Gasteiger partial charge in [0.1, 0.15) is 11.7 Å². The molecule has 2 aliphatic carbocycles. The van der Waals surface area contributed by atoms with Crippen LogP contribution in [-0.2, 0) is 11.2 Å². The van der Waals surface area contributed by atoms with E-state index in [0.29, 0.717) is 35.2 Å². The number of allylic oxidation sites excluding steroid dienone is 2. The first-order valence-corrected chi connectivity index (χ1v) is 15.8. The second kappa shape index (κ2) is 14.6. The molecule has 0 saturated heterocycles. The molecular weight excluding hydrogens is 555 g/mol. The largest absolute Gasteiger partial charge is 0.481 e. The van der Waals surface area contributed by atoms with Crippen LogP contribution in [0.25, 0.3) is 5.57 Å². The lowest BCUT2D eigenvalue weighted by molar-refractivity contribution is -0.143. The Morgan fingerprint density at radius 3 is 2.48 bits per heavy atom. The molecule has 1 aromatic carbocycles. The summed E-state index contributed by atoms with van der Waals surface area (Å²) in [5.41, 5.74) is 11.7. The molecule has 3 unspecified atom stereocenters. The van der Waals surface area contributed by atoms with Crippen molar-refractivity contribution in [3.63, 3.8) is 0 Å². The van der Waals surface area contributed by atoms with Gasteiger partial charge in [-0.05, 0) is 99.0 Å². The highest BCUT2D eigenvalue weighted by atomic mass is 19.1. The summed E-state index contributed by atoms with van der Waals surface area (Å²) in [4.78, 5) is 33.7. The van der Waals surface area contributed by atoms with Gasteiger partial charge in [0.05, 0.1) is 11.6 Å². The van der Waals surface area contributed by atoms with Gasteiger partial charge in [0, 0.05) is 41.1 Å². The maximum Gasteiger partial charge on any atom is 0.306 e. The average Bonchev–Trinajstić information content (AvgIpc) is 3.88. The van der Waals surface area contributed by atoms with Gasteiger partial charge in [-0.3, -0.25) is 14.6 Å². The van der Waals surface area contributed by atoms with E-state index in [4.69, 9.17) is 5.73 Å². The van der Waals surface area contributed by atoms with Gasteiger partial charge < -0.3 is 15.7 Å². The number of pyridine rings is 1. The first-order chi connectivity index (χ1) is 21.0. The van der Waals surface area contributed by atoms with Crippen molar-refractivity contribution in [3.05, 3.63) is 95.1 Å². The summed E-state index contributed by atoms with van der Waals surface area (Å²) in [6.07, 6.45) is 12.6. The van der Waals surface area contributed by atoms with Crippen molar-refractivity contribution >= 4 is 23.2 Å². The van der Waals surface area contributed by atoms with Crippen molar-refractivity contribution in [2.75, 3.05) is 0 Å². The zero-order valence-electron chi connectivity index (χ0n) is 26.4. The summed E-state index contributed by atoms with van der Waals surface area (Å²) in [5.74, 6) is -0.885. The lowest BCUT2D eigenvalue weighted by atomic mass is 9.79. The van der Waals surface area contributed by atoms with Crippen LogP contribution < -0.4 is 5.73 Å². The van der Waals surface area contributed by atoms with Gasteiger partial charge in [0.2, 0.25) is 0 Å². The highest BCUT2D eigenvalue weighted by Crippen LogP contribution is 2.41. The number of halogens is 1. The fourth-order valence-corrected chi connectivity index (χ4v) is 6.00. The highest BCUT2D eigenvalue weighted by molar-refractivity contribution is 6.05. The summed E-state index contributed by atoms with van der Waals surface area (Å²) in [7, 11) is 0. The number of rotatable bonds is 9. The standard InChI is InChI=1S/C26H32FN3O3.C10H13N/c1-5-15(2)23(21-10-9-19(17(4)31)14-22(21)27)24-25(28)29-11-12-30(24)16(3)18-7-6-8-20(13-18)26(32)33;1-2-10-7-9(5-6-11-10)8-3-4-8/h9-12,14-15,18,20H,3,5-8,13H2,1-2,4H3,(H2,28,29)(H,32,33);5-8H,2-4H2,1H3/b24-23+;. The molecule has 2 aromatic rings. The van der Waals surface area contributed by atoms with Crippen molar-refractivity contribution in [3.8, 4) is 0 Å². The number of nitrogens with zero attached hydrogens (tertiary/aromatic N) is 3. The predicted octanol–water partition coefficient (Wildman–Crippen LogP) is 7.86. The maximum atomic E-state index is 15.3. The van der Waals surface area contributed by atoms with Crippen molar-refractivity contribution in [2.45, 2.75) is 85.0 Å². The number of hydrogen-bond acceptors (Lipinski definition) is 6. The van der Waals surface area contributed by atoms with Gasteiger partial charge in [-0.1, -0.05) is 45.9 Å². The van der Waals surface area contributed by atoms with E-state index in [1.165, 1.54) is 37.1 Å². The number of Topliss-reactive ketones (excluding diaryl/α,β-unsaturated/α-hetero) is 1. The van der Waals surface area contributed by atoms with Gasteiger partial charge in [-0.2, -0.15) is 0 Å².